The lowest BCUT2D eigenvalue weighted by Gasteiger charge is -2.32. The summed E-state index contributed by atoms with van der Waals surface area (Å²) in [5.74, 6) is 0.364. The van der Waals surface area contributed by atoms with Crippen molar-refractivity contribution in [2.45, 2.75) is 59.8 Å². The van der Waals surface area contributed by atoms with Gasteiger partial charge in [0.05, 0.1) is 0 Å². The molecule has 0 saturated heterocycles. The van der Waals surface area contributed by atoms with Crippen molar-refractivity contribution in [3.05, 3.63) is 34.4 Å². The van der Waals surface area contributed by atoms with E-state index in [2.05, 4.69) is 39.8 Å². The molecular weight excluding hydrogens is 220 g/mol. The van der Waals surface area contributed by atoms with Crippen LogP contribution in [0, 0.1) is 26.2 Å². The van der Waals surface area contributed by atoms with Crippen molar-refractivity contribution in [1.82, 2.24) is 0 Å². The molecule has 2 rings (SSSR count). The van der Waals surface area contributed by atoms with Crippen LogP contribution in [0.3, 0.4) is 0 Å². The van der Waals surface area contributed by atoms with Crippen LogP contribution in [-0.2, 0) is 0 Å². The van der Waals surface area contributed by atoms with E-state index < -0.39 is 0 Å². The maximum atomic E-state index is 12.8. The monoisotopic (exact) mass is 244 g/mol. The fraction of sp³-hybridized carbons (Fsp3) is 0.588. The minimum Gasteiger partial charge on any atom is -0.294 e. The Kier molecular flexibility index (Phi) is 3.61. The van der Waals surface area contributed by atoms with E-state index in [1.165, 1.54) is 30.4 Å². The van der Waals surface area contributed by atoms with Crippen LogP contribution in [0.2, 0.25) is 0 Å². The van der Waals surface area contributed by atoms with Crippen LogP contribution >= 0.6 is 0 Å². The van der Waals surface area contributed by atoms with Gasteiger partial charge >= 0.3 is 0 Å². The molecule has 1 aromatic carbocycles. The largest absolute Gasteiger partial charge is 0.294 e. The van der Waals surface area contributed by atoms with Crippen LogP contribution in [0.4, 0.5) is 0 Å². The Hall–Kier alpha value is -1.11. The van der Waals surface area contributed by atoms with Crippen molar-refractivity contribution in [2.24, 2.45) is 5.41 Å². The van der Waals surface area contributed by atoms with Crippen LogP contribution in [0.1, 0.15) is 66.1 Å². The fourth-order valence-corrected chi connectivity index (χ4v) is 3.09. The van der Waals surface area contributed by atoms with E-state index in [0.29, 0.717) is 5.78 Å². The van der Waals surface area contributed by atoms with Gasteiger partial charge in [-0.1, -0.05) is 32.3 Å². The van der Waals surface area contributed by atoms with Gasteiger partial charge in [-0.25, -0.2) is 0 Å². The topological polar surface area (TPSA) is 17.1 Å². The van der Waals surface area contributed by atoms with Gasteiger partial charge in [-0.05, 0) is 56.4 Å². The van der Waals surface area contributed by atoms with Crippen molar-refractivity contribution >= 4 is 5.78 Å². The van der Waals surface area contributed by atoms with E-state index in [9.17, 15) is 4.79 Å². The molecular formula is C17H24O. The van der Waals surface area contributed by atoms with Crippen molar-refractivity contribution in [3.8, 4) is 0 Å². The average molecular weight is 244 g/mol. The Labute approximate surface area is 111 Å². The Morgan fingerprint density at radius 1 is 0.944 bits per heavy atom. The molecule has 18 heavy (non-hydrogen) atoms. The van der Waals surface area contributed by atoms with Gasteiger partial charge in [0.15, 0.2) is 5.78 Å². The highest BCUT2D eigenvalue weighted by Crippen LogP contribution is 2.39. The van der Waals surface area contributed by atoms with E-state index >= 15 is 0 Å². The number of aryl methyl sites for hydroxylation is 3. The summed E-state index contributed by atoms with van der Waals surface area (Å²) in [6.07, 6.45) is 5.80. The summed E-state index contributed by atoms with van der Waals surface area (Å²) in [5.41, 5.74) is 4.46. The first-order valence-corrected chi connectivity index (χ1v) is 7.07. The lowest BCUT2D eigenvalue weighted by Crippen LogP contribution is -2.30. The van der Waals surface area contributed by atoms with Crippen molar-refractivity contribution in [3.63, 3.8) is 0 Å². The first kappa shape index (κ1) is 13.3. The maximum absolute atomic E-state index is 12.8. The van der Waals surface area contributed by atoms with E-state index in [1.807, 2.05) is 0 Å². The van der Waals surface area contributed by atoms with Gasteiger partial charge in [-0.15, -0.1) is 0 Å². The number of ketones is 1. The van der Waals surface area contributed by atoms with Gasteiger partial charge in [-0.2, -0.15) is 0 Å². The molecule has 1 aliphatic rings. The number of Topliss-reactive ketones (excluding diaryl/α,β-unsaturated/α-hetero) is 1. The highest BCUT2D eigenvalue weighted by Gasteiger charge is 2.35. The second-order valence-electron chi connectivity index (χ2n) is 6.20. The molecule has 0 unspecified atom stereocenters. The Morgan fingerprint density at radius 3 is 2.11 bits per heavy atom. The molecule has 1 aliphatic carbocycles. The first-order valence-electron chi connectivity index (χ1n) is 7.07. The van der Waals surface area contributed by atoms with E-state index in [4.69, 9.17) is 0 Å². The molecule has 0 amide bonds. The predicted molar refractivity (Wildman–Crippen MR) is 76.2 cm³/mol. The molecule has 0 radical (unpaired) electrons. The SMILES string of the molecule is Cc1cc(C)c(C(=O)C2(C)CCCCC2)cc1C. The molecule has 1 heteroatoms. The summed E-state index contributed by atoms with van der Waals surface area (Å²) in [6.45, 7) is 8.42. The molecule has 0 bridgehead atoms. The average Bonchev–Trinajstić information content (AvgIpc) is 2.34. The van der Waals surface area contributed by atoms with Crippen LogP contribution in [0.25, 0.3) is 0 Å². The molecule has 0 aliphatic heterocycles. The third kappa shape index (κ3) is 2.36. The Bertz CT molecular complexity index is 465. The second kappa shape index (κ2) is 4.87. The molecule has 98 valence electrons. The number of benzene rings is 1. The van der Waals surface area contributed by atoms with Crippen molar-refractivity contribution in [2.75, 3.05) is 0 Å². The third-order valence-electron chi connectivity index (χ3n) is 4.59. The second-order valence-corrected chi connectivity index (χ2v) is 6.20. The third-order valence-corrected chi connectivity index (χ3v) is 4.59. The summed E-state index contributed by atoms with van der Waals surface area (Å²) >= 11 is 0. The maximum Gasteiger partial charge on any atom is 0.168 e. The summed E-state index contributed by atoms with van der Waals surface area (Å²) < 4.78 is 0. The van der Waals surface area contributed by atoms with Gasteiger partial charge < -0.3 is 0 Å². The molecule has 1 nitrogen and oxygen atoms in total. The van der Waals surface area contributed by atoms with Gasteiger partial charge in [0.25, 0.3) is 0 Å². The van der Waals surface area contributed by atoms with E-state index in [-0.39, 0.29) is 5.41 Å². The molecule has 1 saturated carbocycles. The quantitative estimate of drug-likeness (QED) is 0.685. The predicted octanol–water partition coefficient (Wildman–Crippen LogP) is 4.76. The molecule has 0 N–H and O–H groups in total. The van der Waals surface area contributed by atoms with Gasteiger partial charge in [-0.3, -0.25) is 4.79 Å². The number of carbonyl (C=O) groups excluding carboxylic acids is 1. The van der Waals surface area contributed by atoms with Gasteiger partial charge in [0.1, 0.15) is 0 Å². The van der Waals surface area contributed by atoms with E-state index in [0.717, 1.165) is 24.0 Å². The molecule has 0 spiro atoms. The molecule has 0 heterocycles. The van der Waals surface area contributed by atoms with Gasteiger partial charge in [0.2, 0.25) is 0 Å². The number of carbonyl (C=O) groups is 1. The van der Waals surface area contributed by atoms with Crippen LogP contribution < -0.4 is 0 Å². The fourth-order valence-electron chi connectivity index (χ4n) is 3.09. The number of hydrogen-bond donors (Lipinski definition) is 0. The molecule has 0 atom stereocenters. The van der Waals surface area contributed by atoms with Crippen LogP contribution in [0.15, 0.2) is 12.1 Å². The number of rotatable bonds is 2. The Balaban J connectivity index is 2.36. The highest BCUT2D eigenvalue weighted by molar-refractivity contribution is 6.01. The summed E-state index contributed by atoms with van der Waals surface area (Å²) in [5, 5.41) is 0. The lowest BCUT2D eigenvalue weighted by atomic mass is 9.70. The molecule has 0 aromatic heterocycles. The summed E-state index contributed by atoms with van der Waals surface area (Å²) in [4.78, 5) is 12.8. The first-order chi connectivity index (χ1) is 8.44. The lowest BCUT2D eigenvalue weighted by molar-refractivity contribution is 0.0749. The van der Waals surface area contributed by atoms with E-state index in [1.54, 1.807) is 0 Å². The number of hydrogen-bond acceptors (Lipinski definition) is 1. The molecule has 1 fully saturated rings. The zero-order chi connectivity index (χ0) is 13.3. The van der Waals surface area contributed by atoms with Crippen molar-refractivity contribution in [1.29, 1.82) is 0 Å². The van der Waals surface area contributed by atoms with Crippen molar-refractivity contribution < 1.29 is 4.79 Å². The van der Waals surface area contributed by atoms with Crippen LogP contribution in [-0.4, -0.2) is 5.78 Å². The minimum atomic E-state index is -0.120. The Morgan fingerprint density at radius 2 is 1.50 bits per heavy atom. The summed E-state index contributed by atoms with van der Waals surface area (Å²) in [7, 11) is 0. The smallest absolute Gasteiger partial charge is 0.168 e. The minimum absolute atomic E-state index is 0.120. The highest BCUT2D eigenvalue weighted by atomic mass is 16.1. The zero-order valence-corrected chi connectivity index (χ0v) is 12.1. The summed E-state index contributed by atoms with van der Waals surface area (Å²) in [6, 6.07) is 4.24. The van der Waals surface area contributed by atoms with Crippen LogP contribution in [0.5, 0.6) is 0 Å². The van der Waals surface area contributed by atoms with Gasteiger partial charge in [0, 0.05) is 11.0 Å². The zero-order valence-electron chi connectivity index (χ0n) is 12.1. The normalized spacial score (nSPS) is 18.7. The standard InChI is InChI=1S/C17H24O/c1-12-10-14(3)15(11-13(12)2)16(18)17(4)8-6-5-7-9-17/h10-11H,5-9H2,1-4H3. The molecule has 1 aromatic rings.